The summed E-state index contributed by atoms with van der Waals surface area (Å²) in [6, 6.07) is 7.16. The van der Waals surface area contributed by atoms with E-state index < -0.39 is 12.0 Å². The Morgan fingerprint density at radius 3 is 2.76 bits per heavy atom. The van der Waals surface area contributed by atoms with Gasteiger partial charge in [-0.15, -0.1) is 0 Å². The number of hydrogen-bond acceptors (Lipinski definition) is 5. The van der Waals surface area contributed by atoms with Crippen LogP contribution in [0.15, 0.2) is 30.5 Å². The lowest BCUT2D eigenvalue weighted by Crippen LogP contribution is -2.31. The van der Waals surface area contributed by atoms with Crippen LogP contribution in [0.5, 0.6) is 11.6 Å². The molecule has 5 nitrogen and oxygen atoms in total. The predicted octanol–water partition coefficient (Wildman–Crippen LogP) is 4.56. The van der Waals surface area contributed by atoms with E-state index in [1.165, 1.54) is 6.20 Å². The third-order valence-corrected chi connectivity index (χ3v) is 7.00. The number of fused-ring (bicyclic) bond motifs is 5. The van der Waals surface area contributed by atoms with Crippen molar-refractivity contribution in [3.8, 4) is 11.6 Å². The number of carbonyl (C=O) groups excluding carboxylic acids is 1. The second kappa shape index (κ2) is 7.24. The van der Waals surface area contributed by atoms with Crippen LogP contribution in [0.4, 0.5) is 0 Å². The van der Waals surface area contributed by atoms with Gasteiger partial charge >= 0.3 is 0 Å². The highest BCUT2D eigenvalue weighted by Gasteiger charge is 2.62. The van der Waals surface area contributed by atoms with Gasteiger partial charge < -0.3 is 14.6 Å². The molecule has 0 spiro atoms. The summed E-state index contributed by atoms with van der Waals surface area (Å²) in [7, 11) is 0. The first-order valence-electron chi connectivity index (χ1n) is 9.97. The minimum absolute atomic E-state index is 0.00414. The van der Waals surface area contributed by atoms with Crippen LogP contribution in [-0.2, 0) is 16.0 Å². The van der Waals surface area contributed by atoms with E-state index in [0.717, 1.165) is 30.4 Å². The Balaban J connectivity index is 1.49. The first-order valence-corrected chi connectivity index (χ1v) is 10.7. The Kier molecular flexibility index (Phi) is 4.82. The van der Waals surface area contributed by atoms with Gasteiger partial charge in [0, 0.05) is 12.1 Å². The number of halogens is 2. The van der Waals surface area contributed by atoms with Gasteiger partial charge in [-0.05, 0) is 48.6 Å². The molecule has 1 saturated carbocycles. The van der Waals surface area contributed by atoms with E-state index in [1.54, 1.807) is 6.07 Å². The number of pyridine rings is 1. The molecule has 1 aromatic carbocycles. The van der Waals surface area contributed by atoms with Gasteiger partial charge in [-0.2, -0.15) is 0 Å². The van der Waals surface area contributed by atoms with E-state index in [1.807, 2.05) is 25.1 Å². The van der Waals surface area contributed by atoms with Crippen molar-refractivity contribution in [1.29, 1.82) is 0 Å². The summed E-state index contributed by atoms with van der Waals surface area (Å²) < 4.78 is 11.8. The van der Waals surface area contributed by atoms with Crippen LogP contribution in [0.2, 0.25) is 10.0 Å². The number of hydrogen-bond donors (Lipinski definition) is 1. The summed E-state index contributed by atoms with van der Waals surface area (Å²) in [6.45, 7) is 2.04. The molecular weight excluding hydrogens is 413 g/mol. The molecule has 3 heterocycles. The maximum Gasteiger partial charge on any atom is 0.238 e. The molecule has 6 unspecified atom stereocenters. The molecular formula is C22H21Cl2NO4. The van der Waals surface area contributed by atoms with Gasteiger partial charge in [0.25, 0.3) is 0 Å². The lowest BCUT2D eigenvalue weighted by atomic mass is 9.81. The number of benzene rings is 1. The fraction of sp³-hybridized carbons (Fsp3) is 0.455. The molecule has 2 saturated heterocycles. The van der Waals surface area contributed by atoms with Gasteiger partial charge in [0.2, 0.25) is 5.88 Å². The fourth-order valence-corrected chi connectivity index (χ4v) is 5.71. The smallest absolute Gasteiger partial charge is 0.238 e. The number of aliphatic hydroxyl groups is 1. The van der Waals surface area contributed by atoms with Crippen LogP contribution in [-0.4, -0.2) is 34.2 Å². The Hall–Kier alpha value is -1.66. The number of aryl methyl sites for hydroxylation is 1. The van der Waals surface area contributed by atoms with Gasteiger partial charge in [-0.1, -0.05) is 36.2 Å². The Labute approximate surface area is 178 Å². The average molecular weight is 434 g/mol. The van der Waals surface area contributed by atoms with E-state index in [2.05, 4.69) is 4.98 Å². The molecule has 2 aliphatic heterocycles. The van der Waals surface area contributed by atoms with Crippen LogP contribution in [0.3, 0.4) is 0 Å². The molecule has 7 heteroatoms. The van der Waals surface area contributed by atoms with Crippen molar-refractivity contribution in [2.45, 2.75) is 50.4 Å². The molecule has 29 heavy (non-hydrogen) atoms. The molecule has 3 fully saturated rings. The minimum atomic E-state index is -0.736. The van der Waals surface area contributed by atoms with Gasteiger partial charge in [0.05, 0.1) is 35.2 Å². The van der Waals surface area contributed by atoms with Gasteiger partial charge in [0.15, 0.2) is 0 Å². The number of nitrogens with zero attached hydrogens (tertiary/aromatic N) is 1. The Morgan fingerprint density at radius 1 is 1.24 bits per heavy atom. The van der Waals surface area contributed by atoms with Crippen molar-refractivity contribution < 1.29 is 19.4 Å². The molecule has 0 radical (unpaired) electrons. The van der Waals surface area contributed by atoms with Gasteiger partial charge in [-0.25, -0.2) is 4.98 Å². The van der Waals surface area contributed by atoms with Crippen molar-refractivity contribution in [2.24, 2.45) is 11.8 Å². The third-order valence-electron chi connectivity index (χ3n) is 6.52. The lowest BCUT2D eigenvalue weighted by molar-refractivity contribution is -0.124. The molecule has 6 atom stereocenters. The molecule has 1 aliphatic carbocycles. The minimum Gasteiger partial charge on any atom is -0.438 e. The zero-order valence-corrected chi connectivity index (χ0v) is 17.4. The number of rotatable bonds is 4. The number of aromatic nitrogens is 1. The van der Waals surface area contributed by atoms with Crippen LogP contribution < -0.4 is 4.74 Å². The monoisotopic (exact) mass is 433 g/mol. The SMILES string of the molecule is CCc1ccc(Oc2ncc(Cl)cc2Cl)cc1C1C(=O)C2C3CCC(O3)C2C1O. The van der Waals surface area contributed by atoms with Crippen LogP contribution in [0, 0.1) is 11.8 Å². The predicted molar refractivity (Wildman–Crippen MR) is 109 cm³/mol. The highest BCUT2D eigenvalue weighted by molar-refractivity contribution is 6.35. The van der Waals surface area contributed by atoms with E-state index in [4.69, 9.17) is 32.7 Å². The highest BCUT2D eigenvalue weighted by Crippen LogP contribution is 2.54. The lowest BCUT2D eigenvalue weighted by Gasteiger charge is -2.23. The highest BCUT2D eigenvalue weighted by atomic mass is 35.5. The van der Waals surface area contributed by atoms with Crippen molar-refractivity contribution >= 4 is 29.0 Å². The van der Waals surface area contributed by atoms with E-state index >= 15 is 0 Å². The fourth-order valence-electron chi connectivity index (χ4n) is 5.29. The Morgan fingerprint density at radius 2 is 2.03 bits per heavy atom. The number of Topliss-reactive ketones (excluding diaryl/α,β-unsaturated/α-hetero) is 1. The second-order valence-corrected chi connectivity index (χ2v) is 8.86. The zero-order valence-electron chi connectivity index (χ0n) is 15.8. The maximum atomic E-state index is 13.3. The second-order valence-electron chi connectivity index (χ2n) is 8.02. The van der Waals surface area contributed by atoms with Crippen LogP contribution in [0.25, 0.3) is 0 Å². The molecule has 1 N–H and O–H groups in total. The van der Waals surface area contributed by atoms with Gasteiger partial charge in [0.1, 0.15) is 16.6 Å². The first kappa shape index (κ1) is 19.3. The number of ether oxygens (including phenoxy) is 2. The number of ketones is 1. The third kappa shape index (κ3) is 3.07. The summed E-state index contributed by atoms with van der Waals surface area (Å²) in [5, 5.41) is 11.8. The molecule has 152 valence electrons. The van der Waals surface area contributed by atoms with Crippen molar-refractivity contribution in [3.05, 3.63) is 51.6 Å². The van der Waals surface area contributed by atoms with Crippen molar-refractivity contribution in [1.82, 2.24) is 4.98 Å². The topological polar surface area (TPSA) is 68.7 Å². The Bertz CT molecular complexity index is 981. The molecule has 1 aromatic heterocycles. The van der Waals surface area contributed by atoms with Crippen LogP contribution >= 0.6 is 23.2 Å². The number of carbonyl (C=O) groups is 1. The van der Waals surface area contributed by atoms with E-state index in [-0.39, 0.29) is 35.7 Å². The van der Waals surface area contributed by atoms with E-state index in [9.17, 15) is 9.90 Å². The first-order chi connectivity index (χ1) is 14.0. The molecule has 2 bridgehead atoms. The molecule has 0 amide bonds. The summed E-state index contributed by atoms with van der Waals surface area (Å²) in [5.41, 5.74) is 1.85. The van der Waals surface area contributed by atoms with Crippen molar-refractivity contribution in [3.63, 3.8) is 0 Å². The zero-order chi connectivity index (χ0) is 20.3. The van der Waals surface area contributed by atoms with Crippen LogP contribution in [0.1, 0.15) is 36.8 Å². The van der Waals surface area contributed by atoms with Crippen molar-refractivity contribution in [2.75, 3.05) is 0 Å². The average Bonchev–Trinajstić information content (AvgIpc) is 3.38. The summed E-state index contributed by atoms with van der Waals surface area (Å²) in [5.74, 6) is -0.00487. The van der Waals surface area contributed by atoms with Gasteiger partial charge in [-0.3, -0.25) is 4.79 Å². The summed E-state index contributed by atoms with van der Waals surface area (Å²) >= 11 is 12.1. The quantitative estimate of drug-likeness (QED) is 0.764. The largest absolute Gasteiger partial charge is 0.438 e. The number of aliphatic hydroxyl groups excluding tert-OH is 1. The standard InChI is InChI=1S/C22H21Cl2NO4/c1-2-10-3-4-12(28-22-14(24)7-11(23)9-25-22)8-13(10)17-20(26)18-15-5-6-16(29-15)19(18)21(17)27/h3-4,7-9,15-20,26H,2,5-6H2,1H3. The molecule has 3 aliphatic rings. The normalized spacial score (nSPS) is 32.6. The summed E-state index contributed by atoms with van der Waals surface area (Å²) in [4.78, 5) is 17.4. The summed E-state index contributed by atoms with van der Waals surface area (Å²) in [6.07, 6.45) is 3.26. The molecule has 2 aromatic rings. The molecule has 5 rings (SSSR count). The maximum absolute atomic E-state index is 13.3. The van der Waals surface area contributed by atoms with E-state index in [0.29, 0.717) is 15.8 Å².